The highest BCUT2D eigenvalue weighted by atomic mass is 16.6. The van der Waals surface area contributed by atoms with Crippen LogP contribution in [0.2, 0.25) is 0 Å². The molecule has 2 rings (SSSR count). The number of amides is 1. The first kappa shape index (κ1) is 14.2. The van der Waals surface area contributed by atoms with Crippen molar-refractivity contribution in [2.45, 2.75) is 58.6 Å². The predicted octanol–water partition coefficient (Wildman–Crippen LogP) is 2.24. The number of hydrogen-bond acceptors (Lipinski definition) is 4. The third kappa shape index (κ3) is 2.85. The number of esters is 1. The van der Waals surface area contributed by atoms with Crippen LogP contribution in [0.1, 0.15) is 46.5 Å². The Morgan fingerprint density at radius 1 is 1.37 bits per heavy atom. The van der Waals surface area contributed by atoms with Gasteiger partial charge in [0.2, 0.25) is 0 Å². The van der Waals surface area contributed by atoms with Crippen molar-refractivity contribution in [3.63, 3.8) is 0 Å². The van der Waals surface area contributed by atoms with Gasteiger partial charge in [0.05, 0.1) is 6.61 Å². The normalized spacial score (nSPS) is 33.8. The number of alkyl carbamates (subject to hydrolysis) is 1. The molecule has 2 aliphatic rings. The summed E-state index contributed by atoms with van der Waals surface area (Å²) in [6, 6.07) is -0.661. The van der Waals surface area contributed by atoms with Gasteiger partial charge in [-0.1, -0.05) is 6.92 Å². The number of ether oxygens (including phenoxy) is 2. The van der Waals surface area contributed by atoms with Crippen molar-refractivity contribution in [2.75, 3.05) is 6.61 Å². The average molecular weight is 269 g/mol. The van der Waals surface area contributed by atoms with Gasteiger partial charge in [-0.25, -0.2) is 9.59 Å². The van der Waals surface area contributed by atoms with Crippen LogP contribution in [-0.2, 0) is 14.3 Å². The summed E-state index contributed by atoms with van der Waals surface area (Å²) in [4.78, 5) is 23.2. The topological polar surface area (TPSA) is 64.6 Å². The summed E-state index contributed by atoms with van der Waals surface area (Å²) in [6.07, 6.45) is 3.91. The fraction of sp³-hybridized carbons (Fsp3) is 0.857. The molecule has 0 unspecified atom stereocenters. The van der Waals surface area contributed by atoms with Crippen LogP contribution in [0.4, 0.5) is 4.79 Å². The molecule has 0 aliphatic heterocycles. The standard InChI is InChI=1S/C14H23NO4/c1-4-18-13(17)15-9(2)12(16)19-11-6-8-14(3)7-5-10(11)14/h9-11H,4-8H2,1-3H3,(H,15,17)/t9-,10+,11+,14-/m0/s1. The van der Waals surface area contributed by atoms with Gasteiger partial charge >= 0.3 is 12.1 Å². The largest absolute Gasteiger partial charge is 0.461 e. The first-order valence-corrected chi connectivity index (χ1v) is 7.10. The van der Waals surface area contributed by atoms with Gasteiger partial charge in [-0.05, 0) is 44.9 Å². The van der Waals surface area contributed by atoms with Crippen molar-refractivity contribution < 1.29 is 19.1 Å². The monoisotopic (exact) mass is 269 g/mol. The molecule has 2 aliphatic carbocycles. The van der Waals surface area contributed by atoms with Gasteiger partial charge in [0, 0.05) is 5.92 Å². The fourth-order valence-corrected chi connectivity index (χ4v) is 3.22. The van der Waals surface area contributed by atoms with Crippen LogP contribution >= 0.6 is 0 Å². The Bertz CT molecular complexity index is 370. The lowest BCUT2D eigenvalue weighted by atomic mass is 9.63. The molecule has 0 bridgehead atoms. The maximum atomic E-state index is 11.9. The van der Waals surface area contributed by atoms with E-state index in [1.165, 1.54) is 6.42 Å². The molecule has 4 atom stereocenters. The van der Waals surface area contributed by atoms with E-state index < -0.39 is 12.1 Å². The summed E-state index contributed by atoms with van der Waals surface area (Å²) in [7, 11) is 0. The smallest absolute Gasteiger partial charge is 0.407 e. The zero-order valence-corrected chi connectivity index (χ0v) is 11.9. The third-order valence-electron chi connectivity index (χ3n) is 4.60. The minimum absolute atomic E-state index is 0.0256. The molecule has 0 aromatic rings. The predicted molar refractivity (Wildman–Crippen MR) is 69.6 cm³/mol. The highest BCUT2D eigenvalue weighted by Crippen LogP contribution is 2.57. The molecule has 0 saturated heterocycles. The summed E-state index contributed by atoms with van der Waals surface area (Å²) in [5.74, 6) is 0.139. The molecule has 2 saturated carbocycles. The molecule has 2 fully saturated rings. The van der Waals surface area contributed by atoms with E-state index in [1.807, 2.05) is 0 Å². The number of carbonyl (C=O) groups excluding carboxylic acids is 2. The zero-order valence-electron chi connectivity index (χ0n) is 11.9. The van der Waals surface area contributed by atoms with Gasteiger partial charge < -0.3 is 14.8 Å². The van der Waals surface area contributed by atoms with Crippen molar-refractivity contribution >= 4 is 12.1 Å². The zero-order chi connectivity index (χ0) is 14.0. The second-order valence-corrected chi connectivity index (χ2v) is 5.90. The summed E-state index contributed by atoms with van der Waals surface area (Å²) in [6.45, 7) is 5.90. The molecule has 5 heteroatoms. The van der Waals surface area contributed by atoms with Gasteiger partial charge in [0.1, 0.15) is 12.1 Å². The maximum Gasteiger partial charge on any atom is 0.407 e. The number of nitrogens with one attached hydrogen (secondary N) is 1. The van der Waals surface area contributed by atoms with E-state index >= 15 is 0 Å². The van der Waals surface area contributed by atoms with Crippen molar-refractivity contribution in [1.82, 2.24) is 5.32 Å². The van der Waals surface area contributed by atoms with Crippen molar-refractivity contribution in [2.24, 2.45) is 11.3 Å². The van der Waals surface area contributed by atoms with Crippen molar-refractivity contribution in [3.05, 3.63) is 0 Å². The van der Waals surface area contributed by atoms with E-state index in [-0.39, 0.29) is 18.7 Å². The van der Waals surface area contributed by atoms with Crippen molar-refractivity contribution in [3.8, 4) is 0 Å². The lowest BCUT2D eigenvalue weighted by Gasteiger charge is -2.43. The second-order valence-electron chi connectivity index (χ2n) is 5.90. The summed E-state index contributed by atoms with van der Waals surface area (Å²) in [5.41, 5.74) is 0.378. The molecule has 5 nitrogen and oxygen atoms in total. The lowest BCUT2D eigenvalue weighted by Crippen LogP contribution is -2.44. The molecule has 0 aromatic heterocycles. The van der Waals surface area contributed by atoms with E-state index in [9.17, 15) is 9.59 Å². The number of carbonyl (C=O) groups is 2. The molecular formula is C14H23NO4. The Hall–Kier alpha value is -1.26. The molecular weight excluding hydrogens is 246 g/mol. The number of fused-ring (bicyclic) bond motifs is 1. The SMILES string of the molecule is CCOC(=O)N[C@@H](C)C(=O)O[C@@H]1CC[C@]2(C)CC[C@H]12. The number of rotatable bonds is 4. The number of hydrogen-bond donors (Lipinski definition) is 1. The lowest BCUT2D eigenvalue weighted by molar-refractivity contribution is -0.156. The Labute approximate surface area is 114 Å². The maximum absolute atomic E-state index is 11.9. The molecule has 19 heavy (non-hydrogen) atoms. The Morgan fingerprint density at radius 3 is 2.58 bits per heavy atom. The van der Waals surface area contributed by atoms with Crippen LogP contribution in [0.25, 0.3) is 0 Å². The molecule has 0 aromatic carbocycles. The van der Waals surface area contributed by atoms with E-state index in [0.717, 1.165) is 19.3 Å². The average Bonchev–Trinajstić information content (AvgIpc) is 2.53. The first-order valence-electron chi connectivity index (χ1n) is 7.10. The van der Waals surface area contributed by atoms with Crippen molar-refractivity contribution in [1.29, 1.82) is 0 Å². The Morgan fingerprint density at radius 2 is 2.05 bits per heavy atom. The van der Waals surface area contributed by atoms with Gasteiger partial charge in [0.25, 0.3) is 0 Å². The van der Waals surface area contributed by atoms with Crippen LogP contribution in [0, 0.1) is 11.3 Å². The highest BCUT2D eigenvalue weighted by Gasteiger charge is 2.53. The van der Waals surface area contributed by atoms with Gasteiger partial charge in [-0.15, -0.1) is 0 Å². The first-order chi connectivity index (χ1) is 8.96. The van der Waals surface area contributed by atoms with Gasteiger partial charge in [-0.3, -0.25) is 0 Å². The summed E-state index contributed by atoms with van der Waals surface area (Å²) < 4.78 is 10.3. The molecule has 0 radical (unpaired) electrons. The Kier molecular flexibility index (Phi) is 4.02. The fourth-order valence-electron chi connectivity index (χ4n) is 3.22. The Balaban J connectivity index is 1.79. The molecule has 1 N–H and O–H groups in total. The molecule has 0 heterocycles. The highest BCUT2D eigenvalue weighted by molar-refractivity contribution is 5.81. The third-order valence-corrected chi connectivity index (χ3v) is 4.60. The van der Waals surface area contributed by atoms with Gasteiger partial charge in [-0.2, -0.15) is 0 Å². The van der Waals surface area contributed by atoms with Crippen LogP contribution in [0.3, 0.4) is 0 Å². The molecule has 0 spiro atoms. The minimum atomic E-state index is -0.661. The molecule has 108 valence electrons. The van der Waals surface area contributed by atoms with Crippen LogP contribution in [0.5, 0.6) is 0 Å². The van der Waals surface area contributed by atoms with Crippen LogP contribution in [0.15, 0.2) is 0 Å². The van der Waals surface area contributed by atoms with Crippen LogP contribution in [-0.4, -0.2) is 30.8 Å². The quantitative estimate of drug-likeness (QED) is 0.795. The molecule has 1 amide bonds. The minimum Gasteiger partial charge on any atom is -0.461 e. The summed E-state index contributed by atoms with van der Waals surface area (Å²) >= 11 is 0. The van der Waals surface area contributed by atoms with E-state index in [0.29, 0.717) is 11.3 Å². The van der Waals surface area contributed by atoms with E-state index in [2.05, 4.69) is 12.2 Å². The van der Waals surface area contributed by atoms with E-state index in [1.54, 1.807) is 13.8 Å². The van der Waals surface area contributed by atoms with E-state index in [4.69, 9.17) is 9.47 Å². The van der Waals surface area contributed by atoms with Gasteiger partial charge in [0.15, 0.2) is 0 Å². The second kappa shape index (κ2) is 5.39. The van der Waals surface area contributed by atoms with Crippen LogP contribution < -0.4 is 5.32 Å². The summed E-state index contributed by atoms with van der Waals surface area (Å²) in [5, 5.41) is 2.47.